The first-order valence-electron chi connectivity index (χ1n) is 17.9. The molecule has 2 aliphatic heterocycles. The van der Waals surface area contributed by atoms with Crippen molar-refractivity contribution in [3.05, 3.63) is 119 Å². The SMILES string of the molecule is CNC(=O)[C@H](Cc1ccc2ccccc2c1)N1CCN(C(=O)[C@@H](Cc2ccc(F)cc2)NC(=O)C2Cc3ccccc3CN2)[C@@H](CC2CC2)C1=O. The molecule has 7 rings (SSSR count). The van der Waals surface area contributed by atoms with Crippen LogP contribution >= 0.6 is 0 Å². The van der Waals surface area contributed by atoms with Crippen molar-refractivity contribution < 1.29 is 23.6 Å². The van der Waals surface area contributed by atoms with E-state index in [1.54, 1.807) is 29.0 Å². The van der Waals surface area contributed by atoms with Gasteiger partial charge in [0.25, 0.3) is 0 Å². The fourth-order valence-corrected chi connectivity index (χ4v) is 7.55. The van der Waals surface area contributed by atoms with Crippen molar-refractivity contribution in [3.63, 3.8) is 0 Å². The Kier molecular flexibility index (Phi) is 10.1. The lowest BCUT2D eigenvalue weighted by molar-refractivity contribution is -0.157. The molecule has 51 heavy (non-hydrogen) atoms. The maximum atomic E-state index is 14.6. The first kappa shape index (κ1) is 34.4. The number of carbonyl (C=O) groups excluding carboxylic acids is 4. The van der Waals surface area contributed by atoms with Gasteiger partial charge in [0, 0.05) is 39.5 Å². The van der Waals surface area contributed by atoms with Gasteiger partial charge in [-0.3, -0.25) is 19.2 Å². The highest BCUT2D eigenvalue weighted by Crippen LogP contribution is 2.36. The van der Waals surface area contributed by atoms with E-state index in [4.69, 9.17) is 0 Å². The summed E-state index contributed by atoms with van der Waals surface area (Å²) in [7, 11) is 1.57. The van der Waals surface area contributed by atoms with Crippen LogP contribution in [0, 0.1) is 11.7 Å². The molecule has 9 nitrogen and oxygen atoms in total. The van der Waals surface area contributed by atoms with E-state index in [0.717, 1.165) is 40.3 Å². The van der Waals surface area contributed by atoms with Gasteiger partial charge < -0.3 is 25.8 Å². The summed E-state index contributed by atoms with van der Waals surface area (Å²) in [5, 5.41) is 11.2. The molecule has 0 spiro atoms. The second-order valence-electron chi connectivity index (χ2n) is 14.1. The zero-order valence-electron chi connectivity index (χ0n) is 28.8. The molecule has 2 fully saturated rings. The molecule has 4 atom stereocenters. The quantitative estimate of drug-likeness (QED) is 0.221. The van der Waals surface area contributed by atoms with Crippen LogP contribution < -0.4 is 16.0 Å². The molecule has 0 aromatic heterocycles. The van der Waals surface area contributed by atoms with Crippen molar-refractivity contribution in [3.8, 4) is 0 Å². The molecule has 1 saturated heterocycles. The summed E-state index contributed by atoms with van der Waals surface area (Å²) in [6, 6.07) is 24.9. The van der Waals surface area contributed by atoms with Crippen LogP contribution in [0.5, 0.6) is 0 Å². The van der Waals surface area contributed by atoms with Gasteiger partial charge >= 0.3 is 0 Å². The second kappa shape index (κ2) is 15.0. The minimum atomic E-state index is -0.977. The fraction of sp³-hybridized carbons (Fsp3) is 0.366. The van der Waals surface area contributed by atoms with Gasteiger partial charge in [0.15, 0.2) is 0 Å². The maximum absolute atomic E-state index is 14.6. The summed E-state index contributed by atoms with van der Waals surface area (Å²) in [5.41, 5.74) is 3.85. The van der Waals surface area contributed by atoms with Crippen molar-refractivity contribution in [1.82, 2.24) is 25.8 Å². The molecule has 4 aromatic rings. The number of likely N-dealkylation sites (N-methyl/N-ethyl adjacent to an activating group) is 1. The van der Waals surface area contributed by atoms with Gasteiger partial charge in [-0.2, -0.15) is 0 Å². The lowest BCUT2D eigenvalue weighted by Crippen LogP contribution is -2.66. The van der Waals surface area contributed by atoms with Crippen LogP contribution in [0.2, 0.25) is 0 Å². The molecule has 0 radical (unpaired) electrons. The minimum absolute atomic E-state index is 0.140. The number of nitrogens with one attached hydrogen (secondary N) is 3. The Bertz CT molecular complexity index is 1930. The largest absolute Gasteiger partial charge is 0.357 e. The number of fused-ring (bicyclic) bond motifs is 2. The number of hydrogen-bond acceptors (Lipinski definition) is 5. The molecule has 0 bridgehead atoms. The number of piperazine rings is 1. The monoisotopic (exact) mass is 689 g/mol. The molecular weight excluding hydrogens is 645 g/mol. The standard InChI is InChI=1S/C41H44FN5O4/c1-43-39(49)36(23-28-12-15-29-6-2-3-7-30(29)20-28)46-18-19-47(37(41(46)51)22-27-10-11-27)40(50)35(21-26-13-16-33(42)17-14-26)45-38(48)34-24-31-8-4-5-9-32(31)25-44-34/h2-9,12-17,20,27,34-37,44H,10-11,18-19,21-25H2,1H3,(H,43,49)(H,45,48)/t34?,35-,36+,37+/m1/s1. The van der Waals surface area contributed by atoms with E-state index in [9.17, 15) is 23.6 Å². The van der Waals surface area contributed by atoms with Crippen molar-refractivity contribution in [2.24, 2.45) is 5.92 Å². The maximum Gasteiger partial charge on any atom is 0.246 e. The summed E-state index contributed by atoms with van der Waals surface area (Å²) < 4.78 is 13.8. The number of halogens is 1. The Hall–Kier alpha value is -5.09. The molecule has 4 amide bonds. The van der Waals surface area contributed by atoms with Gasteiger partial charge in [-0.1, -0.05) is 91.7 Å². The Balaban J connectivity index is 1.13. The molecule has 2 heterocycles. The van der Waals surface area contributed by atoms with Crippen LogP contribution in [-0.4, -0.2) is 77.7 Å². The van der Waals surface area contributed by atoms with E-state index in [-0.39, 0.29) is 43.1 Å². The molecule has 1 saturated carbocycles. The lowest BCUT2D eigenvalue weighted by Gasteiger charge is -2.44. The molecule has 4 aromatic carbocycles. The topological polar surface area (TPSA) is 111 Å². The van der Waals surface area contributed by atoms with Crippen LogP contribution in [0.1, 0.15) is 41.5 Å². The summed E-state index contributed by atoms with van der Waals surface area (Å²) in [4.78, 5) is 59.5. The molecule has 10 heteroatoms. The molecule has 3 N–H and O–H groups in total. The van der Waals surface area contributed by atoms with E-state index in [1.165, 1.54) is 12.1 Å². The number of rotatable bonds is 11. The van der Waals surface area contributed by atoms with Gasteiger partial charge in [0.1, 0.15) is 23.9 Å². The van der Waals surface area contributed by atoms with Gasteiger partial charge in [0.05, 0.1) is 6.04 Å². The van der Waals surface area contributed by atoms with E-state index >= 15 is 0 Å². The van der Waals surface area contributed by atoms with Gasteiger partial charge in [0.2, 0.25) is 23.6 Å². The third-order valence-electron chi connectivity index (χ3n) is 10.6. The van der Waals surface area contributed by atoms with Crippen molar-refractivity contribution in [2.75, 3.05) is 20.1 Å². The third kappa shape index (κ3) is 7.81. The highest BCUT2D eigenvalue weighted by Gasteiger charge is 2.45. The average molecular weight is 690 g/mol. The lowest BCUT2D eigenvalue weighted by atomic mass is 9.94. The zero-order chi connectivity index (χ0) is 35.5. The number of benzene rings is 4. The van der Waals surface area contributed by atoms with Crippen LogP contribution in [-0.2, 0) is 45.0 Å². The smallest absolute Gasteiger partial charge is 0.246 e. The minimum Gasteiger partial charge on any atom is -0.357 e. The number of amides is 4. The van der Waals surface area contributed by atoms with Crippen molar-refractivity contribution >= 4 is 34.4 Å². The van der Waals surface area contributed by atoms with E-state index in [2.05, 4.69) is 22.0 Å². The van der Waals surface area contributed by atoms with E-state index in [0.29, 0.717) is 37.3 Å². The number of carbonyl (C=O) groups is 4. The van der Waals surface area contributed by atoms with Gasteiger partial charge in [-0.05, 0) is 63.9 Å². The van der Waals surface area contributed by atoms with Crippen LogP contribution in [0.25, 0.3) is 10.8 Å². The fourth-order valence-electron chi connectivity index (χ4n) is 7.55. The Morgan fingerprint density at radius 1 is 0.863 bits per heavy atom. The first-order chi connectivity index (χ1) is 24.8. The Labute approximate surface area is 297 Å². The highest BCUT2D eigenvalue weighted by molar-refractivity contribution is 5.96. The first-order valence-corrected chi connectivity index (χ1v) is 17.9. The summed E-state index contributed by atoms with van der Waals surface area (Å²) in [5.74, 6) is -1.25. The molecular formula is C41H44FN5O4. The number of hydrogen-bond donors (Lipinski definition) is 3. The van der Waals surface area contributed by atoms with Crippen LogP contribution in [0.4, 0.5) is 4.39 Å². The highest BCUT2D eigenvalue weighted by atomic mass is 19.1. The summed E-state index contributed by atoms with van der Waals surface area (Å²) >= 11 is 0. The van der Waals surface area contributed by atoms with E-state index < -0.39 is 30.0 Å². The average Bonchev–Trinajstić information content (AvgIpc) is 3.99. The molecule has 1 aliphatic carbocycles. The normalized spacial score (nSPS) is 20.0. The van der Waals surface area contributed by atoms with Gasteiger partial charge in [-0.25, -0.2) is 4.39 Å². The molecule has 3 aliphatic rings. The van der Waals surface area contributed by atoms with E-state index in [1.807, 2.05) is 60.7 Å². The van der Waals surface area contributed by atoms with Crippen LogP contribution in [0.15, 0.2) is 91.0 Å². The Morgan fingerprint density at radius 3 is 2.31 bits per heavy atom. The van der Waals surface area contributed by atoms with Crippen LogP contribution in [0.3, 0.4) is 0 Å². The molecule has 264 valence electrons. The Morgan fingerprint density at radius 2 is 1.57 bits per heavy atom. The van der Waals surface area contributed by atoms with Crippen molar-refractivity contribution in [2.45, 2.75) is 69.2 Å². The molecule has 1 unspecified atom stereocenters. The van der Waals surface area contributed by atoms with Crippen molar-refractivity contribution in [1.29, 1.82) is 0 Å². The zero-order valence-corrected chi connectivity index (χ0v) is 28.8. The predicted octanol–water partition coefficient (Wildman–Crippen LogP) is 3.92. The second-order valence-corrected chi connectivity index (χ2v) is 14.1. The summed E-state index contributed by atoms with van der Waals surface area (Å²) in [6.07, 6.45) is 3.41. The number of nitrogens with zero attached hydrogens (tertiary/aromatic N) is 2. The predicted molar refractivity (Wildman–Crippen MR) is 193 cm³/mol. The third-order valence-corrected chi connectivity index (χ3v) is 10.6. The van der Waals surface area contributed by atoms with Gasteiger partial charge in [-0.15, -0.1) is 0 Å². The summed E-state index contributed by atoms with van der Waals surface area (Å²) in [6.45, 7) is 0.935.